The molecule has 0 aromatic heterocycles. The summed E-state index contributed by atoms with van der Waals surface area (Å²) in [5.41, 5.74) is 0.184. The summed E-state index contributed by atoms with van der Waals surface area (Å²) in [6.45, 7) is 6.08. The summed E-state index contributed by atoms with van der Waals surface area (Å²) >= 11 is 4.24. The Balaban J connectivity index is 2.55. The maximum Gasteiger partial charge on any atom is 0.412 e. The summed E-state index contributed by atoms with van der Waals surface area (Å²) in [6, 6.07) is 0. The number of thiol groups is 1. The monoisotopic (exact) mass is 228 g/mol. The van der Waals surface area contributed by atoms with Gasteiger partial charge in [0.1, 0.15) is 5.60 Å². The van der Waals surface area contributed by atoms with Gasteiger partial charge in [-0.05, 0) is 33.0 Å². The van der Waals surface area contributed by atoms with Crippen LogP contribution in [0.25, 0.3) is 0 Å². The highest BCUT2D eigenvalue weighted by atomic mass is 32.1. The molecule has 1 aliphatic rings. The molecule has 84 valence electrons. The first-order valence-electron chi connectivity index (χ1n) is 4.70. The number of amides is 1. The Morgan fingerprint density at radius 2 is 2.27 bits per heavy atom. The van der Waals surface area contributed by atoms with Crippen molar-refractivity contribution in [2.75, 3.05) is 6.54 Å². The lowest BCUT2D eigenvalue weighted by Crippen LogP contribution is -2.33. The summed E-state index contributed by atoms with van der Waals surface area (Å²) < 4.78 is 5.12. The third-order valence-electron chi connectivity index (χ3n) is 1.58. The van der Waals surface area contributed by atoms with Gasteiger partial charge in [0.15, 0.2) is 0 Å². The van der Waals surface area contributed by atoms with Crippen molar-refractivity contribution in [2.24, 2.45) is 0 Å². The van der Waals surface area contributed by atoms with Gasteiger partial charge in [-0.25, -0.2) is 4.79 Å². The fourth-order valence-electron chi connectivity index (χ4n) is 1.02. The molecule has 2 N–H and O–H groups in total. The van der Waals surface area contributed by atoms with Crippen LogP contribution in [0.3, 0.4) is 0 Å². The normalized spacial score (nSPS) is 16.0. The van der Waals surface area contributed by atoms with E-state index < -0.39 is 11.7 Å². The zero-order chi connectivity index (χ0) is 11.5. The van der Waals surface area contributed by atoms with Crippen molar-refractivity contribution in [2.45, 2.75) is 26.4 Å². The zero-order valence-electron chi connectivity index (χ0n) is 9.13. The van der Waals surface area contributed by atoms with Gasteiger partial charge in [0.2, 0.25) is 0 Å². The minimum absolute atomic E-state index is 0.462. The lowest BCUT2D eigenvalue weighted by atomic mass is 10.2. The summed E-state index contributed by atoms with van der Waals surface area (Å²) in [7, 11) is 0. The van der Waals surface area contributed by atoms with E-state index in [1.165, 1.54) is 0 Å². The molecule has 1 amide bonds. The average molecular weight is 228 g/mol. The Bertz CT molecular complexity index is 316. The van der Waals surface area contributed by atoms with Crippen LogP contribution < -0.4 is 10.6 Å². The number of alkyl carbamates (subject to hydrolysis) is 1. The van der Waals surface area contributed by atoms with E-state index in [9.17, 15) is 4.79 Å². The quantitative estimate of drug-likeness (QED) is 0.599. The maximum absolute atomic E-state index is 11.4. The topological polar surface area (TPSA) is 50.4 Å². The van der Waals surface area contributed by atoms with Gasteiger partial charge in [0.05, 0.1) is 5.70 Å². The molecule has 0 aliphatic carbocycles. The Morgan fingerprint density at radius 3 is 2.80 bits per heavy atom. The lowest BCUT2D eigenvalue weighted by Gasteiger charge is -2.21. The second kappa shape index (κ2) is 4.61. The number of hydrogen-bond acceptors (Lipinski definition) is 4. The molecule has 0 saturated carbocycles. The van der Waals surface area contributed by atoms with Crippen LogP contribution in [0, 0.1) is 0 Å². The summed E-state index contributed by atoms with van der Waals surface area (Å²) in [5, 5.41) is 5.62. The van der Waals surface area contributed by atoms with Crippen molar-refractivity contribution in [3.8, 4) is 0 Å². The van der Waals surface area contributed by atoms with Crippen molar-refractivity contribution in [1.29, 1.82) is 0 Å². The molecule has 4 nitrogen and oxygen atoms in total. The van der Waals surface area contributed by atoms with E-state index in [2.05, 4.69) is 23.3 Å². The number of allylic oxidation sites excluding steroid dienone is 1. The third kappa shape index (κ3) is 4.29. The highest BCUT2D eigenvalue weighted by Gasteiger charge is 2.17. The molecule has 0 unspecified atom stereocenters. The van der Waals surface area contributed by atoms with Crippen LogP contribution in [0.5, 0.6) is 0 Å². The van der Waals surface area contributed by atoms with Crippen molar-refractivity contribution in [1.82, 2.24) is 10.6 Å². The average Bonchev–Trinajstić information content (AvgIpc) is 2.05. The molecule has 0 bridgehead atoms. The van der Waals surface area contributed by atoms with Crippen LogP contribution in [-0.2, 0) is 4.74 Å². The summed E-state index contributed by atoms with van der Waals surface area (Å²) in [6.07, 6.45) is 3.04. The SMILES string of the molecule is CC(C)(C)OC(=O)NC1=C(S)CNC=C1. The molecule has 1 rings (SSSR count). The number of carbonyl (C=O) groups is 1. The minimum Gasteiger partial charge on any atom is -0.444 e. The molecule has 1 aliphatic heterocycles. The Morgan fingerprint density at radius 1 is 1.60 bits per heavy atom. The second-order valence-electron chi connectivity index (χ2n) is 4.20. The van der Waals surface area contributed by atoms with Crippen molar-refractivity contribution < 1.29 is 9.53 Å². The van der Waals surface area contributed by atoms with E-state index in [4.69, 9.17) is 4.74 Å². The molecule has 0 fully saturated rings. The van der Waals surface area contributed by atoms with Crippen LogP contribution in [-0.4, -0.2) is 18.2 Å². The van der Waals surface area contributed by atoms with Gasteiger partial charge in [-0.3, -0.25) is 5.32 Å². The molecule has 0 aromatic rings. The van der Waals surface area contributed by atoms with Crippen LogP contribution in [0.4, 0.5) is 4.79 Å². The van der Waals surface area contributed by atoms with Crippen molar-refractivity contribution >= 4 is 18.7 Å². The molecule has 0 saturated heterocycles. The molecule has 5 heteroatoms. The Hall–Kier alpha value is -1.10. The number of hydrogen-bond donors (Lipinski definition) is 3. The molecular weight excluding hydrogens is 212 g/mol. The standard InChI is InChI=1S/C10H16N2O2S/c1-10(2,3)14-9(13)12-7-4-5-11-6-8(7)15/h4-5,11,15H,6H2,1-3H3,(H,12,13). The molecule has 15 heavy (non-hydrogen) atoms. The van der Waals surface area contributed by atoms with E-state index in [1.54, 1.807) is 12.3 Å². The van der Waals surface area contributed by atoms with Gasteiger partial charge in [0.25, 0.3) is 0 Å². The molecule has 1 heterocycles. The zero-order valence-corrected chi connectivity index (χ0v) is 10.0. The summed E-state index contributed by atoms with van der Waals surface area (Å²) in [4.78, 5) is 12.2. The molecule has 0 aromatic carbocycles. The number of rotatable bonds is 1. The largest absolute Gasteiger partial charge is 0.444 e. The van der Waals surface area contributed by atoms with E-state index >= 15 is 0 Å². The smallest absolute Gasteiger partial charge is 0.412 e. The third-order valence-corrected chi connectivity index (χ3v) is 1.98. The Labute approximate surface area is 95.2 Å². The van der Waals surface area contributed by atoms with Gasteiger partial charge in [-0.1, -0.05) is 0 Å². The van der Waals surface area contributed by atoms with E-state index in [1.807, 2.05) is 20.8 Å². The number of ether oxygens (including phenoxy) is 1. The summed E-state index contributed by atoms with van der Waals surface area (Å²) in [5.74, 6) is 0. The van der Waals surface area contributed by atoms with Gasteiger partial charge in [-0.15, -0.1) is 12.6 Å². The molecular formula is C10H16N2O2S. The van der Waals surface area contributed by atoms with E-state index in [0.29, 0.717) is 12.2 Å². The lowest BCUT2D eigenvalue weighted by molar-refractivity contribution is 0.0547. The molecule has 0 atom stereocenters. The van der Waals surface area contributed by atoms with Gasteiger partial charge >= 0.3 is 6.09 Å². The molecule has 0 radical (unpaired) electrons. The highest BCUT2D eigenvalue weighted by molar-refractivity contribution is 7.84. The first-order chi connectivity index (χ1) is 6.88. The van der Waals surface area contributed by atoms with Crippen LogP contribution in [0.15, 0.2) is 22.9 Å². The number of nitrogens with one attached hydrogen (secondary N) is 2. The Kier molecular flexibility index (Phi) is 3.68. The van der Waals surface area contributed by atoms with E-state index in [0.717, 1.165) is 4.91 Å². The van der Waals surface area contributed by atoms with Crippen molar-refractivity contribution in [3.63, 3.8) is 0 Å². The highest BCUT2D eigenvalue weighted by Crippen LogP contribution is 2.12. The maximum atomic E-state index is 11.4. The fourth-order valence-corrected chi connectivity index (χ4v) is 1.24. The second-order valence-corrected chi connectivity index (χ2v) is 4.74. The minimum atomic E-state index is -0.488. The predicted molar refractivity (Wildman–Crippen MR) is 62.5 cm³/mol. The van der Waals surface area contributed by atoms with Crippen LogP contribution in [0.2, 0.25) is 0 Å². The molecule has 0 spiro atoms. The van der Waals surface area contributed by atoms with Gasteiger partial charge < -0.3 is 10.1 Å². The van der Waals surface area contributed by atoms with Gasteiger partial charge in [0, 0.05) is 11.4 Å². The number of dihydropyridines is 1. The predicted octanol–water partition coefficient (Wildman–Crippen LogP) is 1.77. The van der Waals surface area contributed by atoms with E-state index in [-0.39, 0.29) is 0 Å². The van der Waals surface area contributed by atoms with Crippen molar-refractivity contribution in [3.05, 3.63) is 22.9 Å². The number of carbonyl (C=O) groups excluding carboxylic acids is 1. The van der Waals surface area contributed by atoms with Gasteiger partial charge in [-0.2, -0.15) is 0 Å². The first-order valence-corrected chi connectivity index (χ1v) is 5.15. The van der Waals surface area contributed by atoms with Crippen LogP contribution >= 0.6 is 12.6 Å². The first kappa shape index (κ1) is 12.0. The van der Waals surface area contributed by atoms with Crippen LogP contribution in [0.1, 0.15) is 20.8 Å². The fraction of sp³-hybridized carbons (Fsp3) is 0.500.